The Kier molecular flexibility index (Phi) is 34.6. The highest BCUT2D eigenvalue weighted by molar-refractivity contribution is 5.72. The van der Waals surface area contributed by atoms with E-state index in [2.05, 4.69) is 32.6 Å². The molecule has 0 saturated heterocycles. The Balaban J connectivity index is 4.51. The minimum Gasteiger partial charge on any atom is -0.465 e. The first-order chi connectivity index (χ1) is 24.3. The second-order valence-electron chi connectivity index (χ2n) is 15.1. The van der Waals surface area contributed by atoms with E-state index in [0.29, 0.717) is 19.6 Å². The zero-order chi connectivity index (χ0) is 37.1. The molecule has 0 spiro atoms. The van der Waals surface area contributed by atoms with Gasteiger partial charge in [-0.25, -0.2) is 0 Å². The van der Waals surface area contributed by atoms with Crippen LogP contribution in [0, 0.1) is 11.8 Å². The second-order valence-corrected chi connectivity index (χ2v) is 15.1. The number of carbonyl (C=O) groups is 3. The van der Waals surface area contributed by atoms with Crippen molar-refractivity contribution in [3.8, 4) is 0 Å². The van der Waals surface area contributed by atoms with Gasteiger partial charge in [0.25, 0.3) is 0 Å². The minimum atomic E-state index is -0.0877. The molecule has 0 amide bonds. The Bertz CT molecular complexity index is 737. The van der Waals surface area contributed by atoms with E-state index in [1.807, 2.05) is 14.1 Å². The second kappa shape index (κ2) is 35.8. The fourth-order valence-corrected chi connectivity index (χ4v) is 6.58. The number of hydrogen-bond acceptors (Lipinski definition) is 7. The number of nitrogens with zero attached hydrogens (tertiary/aromatic N) is 1. The first kappa shape index (κ1) is 48.4. The van der Waals surface area contributed by atoms with Gasteiger partial charge in [0, 0.05) is 6.42 Å². The Morgan fingerprint density at radius 1 is 0.460 bits per heavy atom. The molecular formula is C43H83NO6. The van der Waals surface area contributed by atoms with Crippen LogP contribution in [0.3, 0.4) is 0 Å². The number of carbonyl (C=O) groups excluding carboxylic acids is 3. The van der Waals surface area contributed by atoms with Crippen molar-refractivity contribution in [2.24, 2.45) is 11.8 Å². The average Bonchev–Trinajstić information content (AvgIpc) is 3.09. The Morgan fingerprint density at radius 3 is 1.26 bits per heavy atom. The van der Waals surface area contributed by atoms with Crippen molar-refractivity contribution in [3.63, 3.8) is 0 Å². The van der Waals surface area contributed by atoms with E-state index >= 15 is 0 Å². The van der Waals surface area contributed by atoms with Crippen molar-refractivity contribution in [2.75, 3.05) is 33.9 Å². The minimum absolute atomic E-state index is 0.00308. The quantitative estimate of drug-likeness (QED) is 0.0361. The summed E-state index contributed by atoms with van der Waals surface area (Å²) >= 11 is 0. The molecule has 0 radical (unpaired) electrons. The molecule has 0 aliphatic rings. The standard InChI is InChI=1S/C43H83NO6/c1-7-11-15-21-30-38(28-13-9-3)42(46)48-36-25-19-17-23-32-40(50-41(45)34-27-35-44(5)6)33-24-18-20-26-37-49-43(47)39(29-14-10-4)31-22-16-12-8-2/h38-40H,7-37H2,1-6H3. The Hall–Kier alpha value is -1.63. The van der Waals surface area contributed by atoms with Gasteiger partial charge in [0.1, 0.15) is 6.10 Å². The van der Waals surface area contributed by atoms with E-state index < -0.39 is 0 Å². The summed E-state index contributed by atoms with van der Waals surface area (Å²) in [5.74, 6) is 0.0352. The Labute approximate surface area is 310 Å². The summed E-state index contributed by atoms with van der Waals surface area (Å²) in [5, 5.41) is 0. The van der Waals surface area contributed by atoms with E-state index in [-0.39, 0.29) is 35.8 Å². The van der Waals surface area contributed by atoms with Crippen LogP contribution in [0.1, 0.15) is 207 Å². The molecular weight excluding hydrogens is 626 g/mol. The molecule has 0 aliphatic heterocycles. The fraction of sp³-hybridized carbons (Fsp3) is 0.930. The number of ether oxygens (including phenoxy) is 3. The van der Waals surface area contributed by atoms with Crippen LogP contribution in [0.15, 0.2) is 0 Å². The van der Waals surface area contributed by atoms with Gasteiger partial charge in [-0.1, -0.05) is 130 Å². The first-order valence-corrected chi connectivity index (χ1v) is 21.5. The molecule has 0 aromatic carbocycles. The third-order valence-electron chi connectivity index (χ3n) is 9.91. The van der Waals surface area contributed by atoms with Gasteiger partial charge in [0.05, 0.1) is 25.0 Å². The molecule has 0 aromatic rings. The maximum absolute atomic E-state index is 12.7. The van der Waals surface area contributed by atoms with Crippen LogP contribution in [-0.2, 0) is 28.6 Å². The molecule has 50 heavy (non-hydrogen) atoms. The number of rotatable bonds is 37. The molecule has 0 aliphatic carbocycles. The van der Waals surface area contributed by atoms with Gasteiger partial charge in [-0.2, -0.15) is 0 Å². The van der Waals surface area contributed by atoms with E-state index in [0.717, 1.165) is 141 Å². The summed E-state index contributed by atoms with van der Waals surface area (Å²) < 4.78 is 17.4. The van der Waals surface area contributed by atoms with Gasteiger partial charge in [-0.3, -0.25) is 14.4 Å². The zero-order valence-corrected chi connectivity index (χ0v) is 34.0. The highest BCUT2D eigenvalue weighted by Crippen LogP contribution is 2.22. The normalized spacial score (nSPS) is 13.3. The monoisotopic (exact) mass is 710 g/mol. The number of hydrogen-bond donors (Lipinski definition) is 0. The van der Waals surface area contributed by atoms with Crippen LogP contribution < -0.4 is 0 Å². The topological polar surface area (TPSA) is 82.1 Å². The molecule has 0 aromatic heterocycles. The van der Waals surface area contributed by atoms with E-state index in [1.54, 1.807) is 0 Å². The molecule has 2 unspecified atom stereocenters. The van der Waals surface area contributed by atoms with Crippen LogP contribution in [-0.4, -0.2) is 62.8 Å². The molecule has 7 nitrogen and oxygen atoms in total. The lowest BCUT2D eigenvalue weighted by molar-refractivity contribution is -0.150. The molecule has 0 bridgehead atoms. The summed E-state index contributed by atoms with van der Waals surface area (Å²) in [6.07, 6.45) is 28.7. The maximum atomic E-state index is 12.7. The third-order valence-corrected chi connectivity index (χ3v) is 9.91. The number of unbranched alkanes of at least 4 members (excludes halogenated alkanes) is 14. The van der Waals surface area contributed by atoms with Gasteiger partial charge in [0.15, 0.2) is 0 Å². The van der Waals surface area contributed by atoms with Crippen molar-refractivity contribution >= 4 is 17.9 Å². The molecule has 2 atom stereocenters. The molecule has 0 rings (SSSR count). The van der Waals surface area contributed by atoms with Gasteiger partial charge in [0.2, 0.25) is 0 Å². The summed E-state index contributed by atoms with van der Waals surface area (Å²) in [4.78, 5) is 40.2. The van der Waals surface area contributed by atoms with Gasteiger partial charge >= 0.3 is 17.9 Å². The zero-order valence-electron chi connectivity index (χ0n) is 34.0. The smallest absolute Gasteiger partial charge is 0.308 e. The lowest BCUT2D eigenvalue weighted by Crippen LogP contribution is -2.20. The molecule has 7 heteroatoms. The molecule has 0 saturated carbocycles. The van der Waals surface area contributed by atoms with Gasteiger partial charge in [-0.05, 0) is 91.3 Å². The number of esters is 3. The largest absolute Gasteiger partial charge is 0.465 e. The average molecular weight is 710 g/mol. The highest BCUT2D eigenvalue weighted by atomic mass is 16.5. The molecule has 0 N–H and O–H groups in total. The van der Waals surface area contributed by atoms with Crippen molar-refractivity contribution in [2.45, 2.75) is 214 Å². The van der Waals surface area contributed by atoms with E-state index in [9.17, 15) is 14.4 Å². The first-order valence-electron chi connectivity index (χ1n) is 21.5. The molecule has 0 fully saturated rings. The molecule has 296 valence electrons. The van der Waals surface area contributed by atoms with Gasteiger partial charge < -0.3 is 19.1 Å². The highest BCUT2D eigenvalue weighted by Gasteiger charge is 2.20. The lowest BCUT2D eigenvalue weighted by atomic mass is 9.95. The SMILES string of the molecule is CCCCCCC(CCCC)C(=O)OCCCCCCC(CCCCCCOC(=O)C(CCCC)CCCCCC)OC(=O)CCCN(C)C. The summed E-state index contributed by atoms with van der Waals surface area (Å²) in [5.41, 5.74) is 0. The van der Waals surface area contributed by atoms with Crippen molar-refractivity contribution in [1.29, 1.82) is 0 Å². The molecule has 0 heterocycles. The van der Waals surface area contributed by atoms with Crippen LogP contribution in [0.25, 0.3) is 0 Å². The van der Waals surface area contributed by atoms with Crippen LogP contribution in [0.4, 0.5) is 0 Å². The summed E-state index contributed by atoms with van der Waals surface area (Å²) in [6.45, 7) is 10.7. The van der Waals surface area contributed by atoms with E-state index in [4.69, 9.17) is 14.2 Å². The summed E-state index contributed by atoms with van der Waals surface area (Å²) in [7, 11) is 4.05. The van der Waals surface area contributed by atoms with Crippen LogP contribution in [0.2, 0.25) is 0 Å². The third kappa shape index (κ3) is 30.0. The lowest BCUT2D eigenvalue weighted by Gasteiger charge is -2.19. The fourth-order valence-electron chi connectivity index (χ4n) is 6.58. The van der Waals surface area contributed by atoms with Crippen LogP contribution >= 0.6 is 0 Å². The van der Waals surface area contributed by atoms with Crippen molar-refractivity contribution < 1.29 is 28.6 Å². The predicted molar refractivity (Wildman–Crippen MR) is 209 cm³/mol. The van der Waals surface area contributed by atoms with Crippen LogP contribution in [0.5, 0.6) is 0 Å². The summed E-state index contributed by atoms with van der Waals surface area (Å²) in [6, 6.07) is 0. The van der Waals surface area contributed by atoms with Crippen molar-refractivity contribution in [3.05, 3.63) is 0 Å². The Morgan fingerprint density at radius 2 is 0.840 bits per heavy atom. The van der Waals surface area contributed by atoms with Gasteiger partial charge in [-0.15, -0.1) is 0 Å². The van der Waals surface area contributed by atoms with Crippen molar-refractivity contribution in [1.82, 2.24) is 4.90 Å². The maximum Gasteiger partial charge on any atom is 0.308 e. The predicted octanol–water partition coefficient (Wildman–Crippen LogP) is 11.8. The van der Waals surface area contributed by atoms with E-state index in [1.165, 1.54) is 38.5 Å².